The number of hydrogen-bond donors (Lipinski definition) is 2. The molecule has 0 saturated carbocycles. The summed E-state index contributed by atoms with van der Waals surface area (Å²) in [4.78, 5) is 36.0. The Kier molecular flexibility index (Phi) is 4.93. The molecule has 0 aliphatic carbocycles. The van der Waals surface area contributed by atoms with Crippen LogP contribution < -0.4 is 10.4 Å². The molecule has 2 heterocycles. The Morgan fingerprint density at radius 1 is 1.03 bits per heavy atom. The van der Waals surface area contributed by atoms with E-state index in [9.17, 15) is 14.4 Å². The molecule has 150 valence electrons. The minimum absolute atomic E-state index is 0.0308. The van der Waals surface area contributed by atoms with Crippen LogP contribution in [0.1, 0.15) is 28.6 Å². The third-order valence-electron chi connectivity index (χ3n) is 4.82. The first-order valence-electron chi connectivity index (χ1n) is 9.36. The molecule has 7 heteroatoms. The number of carboxylic acids is 1. The van der Waals surface area contributed by atoms with E-state index < -0.39 is 17.8 Å². The van der Waals surface area contributed by atoms with Crippen LogP contribution in [0.3, 0.4) is 0 Å². The molecule has 1 saturated heterocycles. The van der Waals surface area contributed by atoms with Gasteiger partial charge in [0, 0.05) is 5.56 Å². The zero-order valence-corrected chi connectivity index (χ0v) is 16.1. The second-order valence-corrected chi connectivity index (χ2v) is 6.74. The van der Waals surface area contributed by atoms with Crippen LogP contribution in [0.2, 0.25) is 0 Å². The van der Waals surface area contributed by atoms with E-state index in [2.05, 4.69) is 5.43 Å². The van der Waals surface area contributed by atoms with Crippen LogP contribution in [0.25, 0.3) is 17.4 Å². The first kappa shape index (κ1) is 19.2. The number of benzene rings is 2. The molecule has 2 N–H and O–H groups in total. The number of hydrazine groups is 1. The molecule has 0 atom stereocenters. The number of furan rings is 1. The van der Waals surface area contributed by atoms with Gasteiger partial charge in [0.05, 0.1) is 11.3 Å². The fraction of sp³-hybridized carbons (Fsp3) is 0.0870. The van der Waals surface area contributed by atoms with Gasteiger partial charge in [0.1, 0.15) is 17.1 Å². The van der Waals surface area contributed by atoms with Crippen LogP contribution in [-0.2, 0) is 16.0 Å². The molecule has 3 aromatic rings. The molecule has 1 aromatic heterocycles. The minimum Gasteiger partial charge on any atom is -0.478 e. The average Bonchev–Trinajstić information content (AvgIpc) is 3.34. The average molecular weight is 402 g/mol. The fourth-order valence-electron chi connectivity index (χ4n) is 3.12. The molecule has 1 aliphatic rings. The zero-order chi connectivity index (χ0) is 21.3. The molecule has 0 bridgehead atoms. The quantitative estimate of drug-likeness (QED) is 0.501. The number of nitrogens with zero attached hydrogens (tertiary/aromatic N) is 1. The molecule has 4 rings (SSSR count). The summed E-state index contributed by atoms with van der Waals surface area (Å²) in [5.74, 6) is -1.15. The number of rotatable bonds is 5. The van der Waals surface area contributed by atoms with Crippen molar-refractivity contribution in [2.45, 2.75) is 13.3 Å². The summed E-state index contributed by atoms with van der Waals surface area (Å²) in [5, 5.41) is 10.2. The third kappa shape index (κ3) is 3.60. The molecule has 0 spiro atoms. The van der Waals surface area contributed by atoms with Gasteiger partial charge in [-0.05, 0) is 54.5 Å². The molecule has 1 aliphatic heterocycles. The molecule has 2 aromatic carbocycles. The largest absolute Gasteiger partial charge is 0.478 e. The minimum atomic E-state index is -1.01. The van der Waals surface area contributed by atoms with E-state index >= 15 is 0 Å². The number of nitrogens with one attached hydrogen (secondary N) is 1. The summed E-state index contributed by atoms with van der Waals surface area (Å²) in [5.41, 5.74) is 5.10. The van der Waals surface area contributed by atoms with Gasteiger partial charge in [-0.2, -0.15) is 0 Å². The van der Waals surface area contributed by atoms with Crippen molar-refractivity contribution in [2.24, 2.45) is 0 Å². The van der Waals surface area contributed by atoms with Crippen LogP contribution in [0.4, 0.5) is 5.69 Å². The van der Waals surface area contributed by atoms with Crippen LogP contribution in [0.5, 0.6) is 0 Å². The standard InChI is InChI=1S/C23H18N2O5/c1-2-14-3-9-17(10-4-14)25-22(27)19(21(26)24-25)13-18-11-12-20(30-18)15-5-7-16(8-6-15)23(28)29/h3-13H,2H2,1H3,(H,24,26)(H,28,29). The van der Waals surface area contributed by atoms with Crippen molar-refractivity contribution in [3.05, 3.63) is 83.1 Å². The van der Waals surface area contributed by atoms with Gasteiger partial charge in [-0.3, -0.25) is 15.0 Å². The van der Waals surface area contributed by atoms with Crippen LogP contribution in [0, 0.1) is 0 Å². The number of amides is 2. The summed E-state index contributed by atoms with van der Waals surface area (Å²) in [7, 11) is 0. The van der Waals surface area contributed by atoms with Gasteiger partial charge in [0.15, 0.2) is 0 Å². The van der Waals surface area contributed by atoms with E-state index in [-0.39, 0.29) is 11.1 Å². The number of aryl methyl sites for hydroxylation is 1. The second-order valence-electron chi connectivity index (χ2n) is 6.74. The highest BCUT2D eigenvalue weighted by Crippen LogP contribution is 2.26. The van der Waals surface area contributed by atoms with Crippen LogP contribution in [0.15, 0.2) is 70.7 Å². The van der Waals surface area contributed by atoms with E-state index in [1.165, 1.54) is 23.2 Å². The fourth-order valence-corrected chi connectivity index (χ4v) is 3.12. The van der Waals surface area contributed by atoms with Gasteiger partial charge in [0.2, 0.25) is 0 Å². The Morgan fingerprint density at radius 3 is 2.37 bits per heavy atom. The Bertz CT molecular complexity index is 1160. The number of hydrogen-bond acceptors (Lipinski definition) is 4. The van der Waals surface area contributed by atoms with Crippen molar-refractivity contribution in [1.29, 1.82) is 0 Å². The first-order valence-corrected chi connectivity index (χ1v) is 9.36. The zero-order valence-electron chi connectivity index (χ0n) is 16.1. The van der Waals surface area contributed by atoms with Crippen molar-refractivity contribution in [3.8, 4) is 11.3 Å². The van der Waals surface area contributed by atoms with Crippen molar-refractivity contribution >= 4 is 29.5 Å². The topological polar surface area (TPSA) is 99.8 Å². The smallest absolute Gasteiger partial charge is 0.335 e. The molecular formula is C23H18N2O5. The lowest BCUT2D eigenvalue weighted by atomic mass is 10.1. The van der Waals surface area contributed by atoms with E-state index in [1.54, 1.807) is 36.4 Å². The lowest BCUT2D eigenvalue weighted by Crippen LogP contribution is -2.35. The van der Waals surface area contributed by atoms with Crippen molar-refractivity contribution < 1.29 is 23.9 Å². The molecular weight excluding hydrogens is 384 g/mol. The third-order valence-corrected chi connectivity index (χ3v) is 4.82. The predicted octanol–water partition coefficient (Wildman–Crippen LogP) is 3.67. The highest BCUT2D eigenvalue weighted by molar-refractivity contribution is 6.31. The Labute approximate surface area is 172 Å². The number of anilines is 1. The van der Waals surface area contributed by atoms with Gasteiger partial charge in [-0.15, -0.1) is 0 Å². The SMILES string of the molecule is CCc1ccc(N2NC(=O)C(=Cc3ccc(-c4ccc(C(=O)O)cc4)o3)C2=O)cc1. The maximum Gasteiger partial charge on any atom is 0.335 e. The molecule has 7 nitrogen and oxygen atoms in total. The van der Waals surface area contributed by atoms with Gasteiger partial charge >= 0.3 is 5.97 Å². The van der Waals surface area contributed by atoms with Crippen molar-refractivity contribution in [3.63, 3.8) is 0 Å². The normalized spacial score (nSPS) is 15.0. The van der Waals surface area contributed by atoms with Gasteiger partial charge in [-0.25, -0.2) is 9.80 Å². The number of carbonyl (C=O) groups is 3. The lowest BCUT2D eigenvalue weighted by molar-refractivity contribution is -0.117. The first-order chi connectivity index (χ1) is 14.5. The van der Waals surface area contributed by atoms with Crippen molar-refractivity contribution in [1.82, 2.24) is 5.43 Å². The summed E-state index contributed by atoms with van der Waals surface area (Å²) >= 11 is 0. The van der Waals surface area contributed by atoms with E-state index in [0.29, 0.717) is 22.8 Å². The van der Waals surface area contributed by atoms with Gasteiger partial charge in [-0.1, -0.05) is 31.2 Å². The summed E-state index contributed by atoms with van der Waals surface area (Å²) in [6, 6.07) is 16.9. The molecule has 2 amide bonds. The summed E-state index contributed by atoms with van der Waals surface area (Å²) in [6.07, 6.45) is 2.28. The van der Waals surface area contributed by atoms with Gasteiger partial charge in [0.25, 0.3) is 11.8 Å². The van der Waals surface area contributed by atoms with E-state index in [1.807, 2.05) is 19.1 Å². The van der Waals surface area contributed by atoms with Crippen LogP contribution in [-0.4, -0.2) is 22.9 Å². The Morgan fingerprint density at radius 2 is 1.73 bits per heavy atom. The monoisotopic (exact) mass is 402 g/mol. The number of aromatic carboxylic acids is 1. The molecule has 30 heavy (non-hydrogen) atoms. The molecule has 0 unspecified atom stereocenters. The van der Waals surface area contributed by atoms with Crippen molar-refractivity contribution in [2.75, 3.05) is 5.01 Å². The van der Waals surface area contributed by atoms with E-state index in [0.717, 1.165) is 12.0 Å². The molecule has 1 fully saturated rings. The lowest BCUT2D eigenvalue weighted by Gasteiger charge is -2.14. The summed E-state index contributed by atoms with van der Waals surface area (Å²) < 4.78 is 5.73. The number of carboxylic acid groups (broad SMARTS) is 1. The maximum absolute atomic E-state index is 12.7. The highest BCUT2D eigenvalue weighted by atomic mass is 16.4. The maximum atomic E-state index is 12.7. The Balaban J connectivity index is 1.56. The molecule has 0 radical (unpaired) electrons. The van der Waals surface area contributed by atoms with Crippen LogP contribution >= 0.6 is 0 Å². The second kappa shape index (κ2) is 7.71. The Hall–Kier alpha value is -4.13. The highest BCUT2D eigenvalue weighted by Gasteiger charge is 2.34. The predicted molar refractivity (Wildman–Crippen MR) is 111 cm³/mol. The van der Waals surface area contributed by atoms with E-state index in [4.69, 9.17) is 9.52 Å². The number of carbonyl (C=O) groups excluding carboxylic acids is 2. The summed E-state index contributed by atoms with van der Waals surface area (Å²) in [6.45, 7) is 2.04. The van der Waals surface area contributed by atoms with Gasteiger partial charge < -0.3 is 9.52 Å².